The molecule has 25 heavy (non-hydrogen) atoms. The number of nitrogens with one attached hydrogen (secondary N) is 2. The van der Waals surface area contributed by atoms with Crippen molar-refractivity contribution in [3.05, 3.63) is 42.0 Å². The van der Waals surface area contributed by atoms with Crippen LogP contribution in [0.1, 0.15) is 12.5 Å². The molecule has 0 unspecified atom stereocenters. The van der Waals surface area contributed by atoms with Gasteiger partial charge in [0.1, 0.15) is 11.5 Å². The lowest BCUT2D eigenvalue weighted by atomic mass is 10.2. The second-order valence-electron chi connectivity index (χ2n) is 5.69. The molecule has 0 aromatic heterocycles. The van der Waals surface area contributed by atoms with Gasteiger partial charge in [-0.3, -0.25) is 9.52 Å². The summed E-state index contributed by atoms with van der Waals surface area (Å²) >= 11 is 0. The molecule has 2 aromatic rings. The highest BCUT2D eigenvalue weighted by Gasteiger charge is 2.25. The van der Waals surface area contributed by atoms with Crippen LogP contribution >= 0.6 is 0 Å². The minimum Gasteiger partial charge on any atom is -0.497 e. The van der Waals surface area contributed by atoms with Crippen LogP contribution in [0.2, 0.25) is 0 Å². The van der Waals surface area contributed by atoms with Crippen LogP contribution in [0.15, 0.2) is 41.3 Å². The molecular weight excluding hydrogens is 344 g/mol. The van der Waals surface area contributed by atoms with Crippen molar-refractivity contribution in [1.82, 2.24) is 0 Å². The number of aryl methyl sites for hydroxylation is 1. The van der Waals surface area contributed by atoms with Crippen LogP contribution in [-0.2, 0) is 14.8 Å². The third kappa shape index (κ3) is 3.39. The van der Waals surface area contributed by atoms with Crippen LogP contribution in [0, 0.1) is 6.92 Å². The number of carbonyl (C=O) groups is 1. The van der Waals surface area contributed by atoms with Gasteiger partial charge in [-0.2, -0.15) is 0 Å². The lowest BCUT2D eigenvalue weighted by Gasteiger charge is -2.23. The van der Waals surface area contributed by atoms with E-state index in [9.17, 15) is 13.2 Å². The molecule has 0 saturated carbocycles. The lowest BCUT2D eigenvalue weighted by Crippen LogP contribution is -2.34. The number of ether oxygens (including phenoxy) is 2. The fraction of sp³-hybridized carbons (Fsp3) is 0.235. The van der Waals surface area contributed by atoms with Crippen molar-refractivity contribution < 1.29 is 22.7 Å². The molecule has 8 heteroatoms. The maximum absolute atomic E-state index is 12.6. The van der Waals surface area contributed by atoms with Crippen molar-refractivity contribution in [3.63, 3.8) is 0 Å². The minimum atomic E-state index is -3.82. The molecule has 1 heterocycles. The summed E-state index contributed by atoms with van der Waals surface area (Å²) in [6, 6.07) is 9.38. The summed E-state index contributed by atoms with van der Waals surface area (Å²) in [4.78, 5) is 11.7. The Labute approximate surface area is 146 Å². The Morgan fingerprint density at radius 1 is 1.20 bits per heavy atom. The Bertz CT molecular complexity index is 940. The normalized spacial score (nSPS) is 16.4. The summed E-state index contributed by atoms with van der Waals surface area (Å²) in [5.41, 5.74) is 1.51. The van der Waals surface area contributed by atoms with E-state index in [4.69, 9.17) is 9.47 Å². The Kier molecular flexibility index (Phi) is 4.30. The van der Waals surface area contributed by atoms with Crippen molar-refractivity contribution in [2.45, 2.75) is 24.8 Å². The van der Waals surface area contributed by atoms with E-state index >= 15 is 0 Å². The van der Waals surface area contributed by atoms with Gasteiger partial charge in [0.25, 0.3) is 15.9 Å². The highest BCUT2D eigenvalue weighted by Crippen LogP contribution is 2.32. The largest absolute Gasteiger partial charge is 0.497 e. The number of benzene rings is 2. The first-order valence-electron chi connectivity index (χ1n) is 7.59. The van der Waals surface area contributed by atoms with Gasteiger partial charge in [0.05, 0.1) is 23.4 Å². The number of sulfonamides is 1. The molecule has 0 bridgehead atoms. The summed E-state index contributed by atoms with van der Waals surface area (Å²) in [5.74, 6) is 0.760. The standard InChI is InChI=1S/C17H18N2O5S/c1-10-8-12(23-3)4-6-14(10)19-25(21,22)13-5-7-16-15(9-13)18-17(20)11(2)24-16/h4-9,11,19H,1-3H3,(H,18,20)/t11-/m1/s1. The van der Waals surface area contributed by atoms with Crippen molar-refractivity contribution in [2.24, 2.45) is 0 Å². The summed E-state index contributed by atoms with van der Waals surface area (Å²) in [7, 11) is -2.27. The average molecular weight is 362 g/mol. The molecular formula is C17H18N2O5S. The van der Waals surface area contributed by atoms with Crippen molar-refractivity contribution in [1.29, 1.82) is 0 Å². The summed E-state index contributed by atoms with van der Waals surface area (Å²) in [6.45, 7) is 3.40. The first-order valence-corrected chi connectivity index (χ1v) is 9.07. The van der Waals surface area contributed by atoms with Gasteiger partial charge >= 0.3 is 0 Å². The van der Waals surface area contributed by atoms with Gasteiger partial charge in [-0.1, -0.05) is 0 Å². The number of rotatable bonds is 4. The van der Waals surface area contributed by atoms with Crippen LogP contribution < -0.4 is 19.5 Å². The Balaban J connectivity index is 1.91. The summed E-state index contributed by atoms with van der Waals surface area (Å²) in [6.07, 6.45) is -0.616. The number of anilines is 2. The van der Waals surface area contributed by atoms with E-state index < -0.39 is 16.1 Å². The topological polar surface area (TPSA) is 93.7 Å². The van der Waals surface area contributed by atoms with Gasteiger partial charge in [0.15, 0.2) is 6.10 Å². The van der Waals surface area contributed by atoms with Crippen LogP contribution in [0.3, 0.4) is 0 Å². The third-order valence-corrected chi connectivity index (χ3v) is 5.23. The first kappa shape index (κ1) is 17.1. The molecule has 0 saturated heterocycles. The number of hydrogen-bond donors (Lipinski definition) is 2. The van der Waals surface area contributed by atoms with E-state index in [1.807, 2.05) is 0 Å². The maximum Gasteiger partial charge on any atom is 0.265 e. The average Bonchev–Trinajstić information content (AvgIpc) is 2.57. The molecule has 0 fully saturated rings. The van der Waals surface area contributed by atoms with Gasteiger partial charge in [0.2, 0.25) is 0 Å². The van der Waals surface area contributed by atoms with Gasteiger partial charge in [0, 0.05) is 0 Å². The predicted molar refractivity (Wildman–Crippen MR) is 93.7 cm³/mol. The van der Waals surface area contributed by atoms with E-state index in [1.165, 1.54) is 18.2 Å². The number of fused-ring (bicyclic) bond motifs is 1. The van der Waals surface area contributed by atoms with Crippen LogP contribution in [0.5, 0.6) is 11.5 Å². The van der Waals surface area contributed by atoms with E-state index in [0.29, 0.717) is 22.9 Å². The van der Waals surface area contributed by atoms with Crippen molar-refractivity contribution in [3.8, 4) is 11.5 Å². The van der Waals surface area contributed by atoms with E-state index in [2.05, 4.69) is 10.0 Å². The fourth-order valence-corrected chi connectivity index (χ4v) is 3.59. The SMILES string of the molecule is COc1ccc(NS(=O)(=O)c2ccc3c(c2)NC(=O)[C@@H](C)O3)c(C)c1. The van der Waals surface area contributed by atoms with Crippen LogP contribution in [0.25, 0.3) is 0 Å². The molecule has 1 aliphatic rings. The van der Waals surface area contributed by atoms with E-state index in [-0.39, 0.29) is 10.8 Å². The number of carbonyl (C=O) groups excluding carboxylic acids is 1. The quantitative estimate of drug-likeness (QED) is 0.872. The van der Waals surface area contributed by atoms with Gasteiger partial charge < -0.3 is 14.8 Å². The number of amides is 1. The fourth-order valence-electron chi connectivity index (χ4n) is 2.44. The number of methoxy groups -OCH3 is 1. The second-order valence-corrected chi connectivity index (χ2v) is 7.38. The molecule has 1 aliphatic heterocycles. The summed E-state index contributed by atoms with van der Waals surface area (Å²) < 4.78 is 38.4. The Morgan fingerprint density at radius 3 is 2.64 bits per heavy atom. The van der Waals surface area contributed by atoms with Gasteiger partial charge in [-0.05, 0) is 55.8 Å². The zero-order chi connectivity index (χ0) is 18.2. The molecule has 2 N–H and O–H groups in total. The van der Waals surface area contributed by atoms with E-state index in [0.717, 1.165) is 5.56 Å². The molecule has 0 spiro atoms. The zero-order valence-electron chi connectivity index (χ0n) is 14.0. The maximum atomic E-state index is 12.6. The van der Waals surface area contributed by atoms with Crippen LogP contribution in [0.4, 0.5) is 11.4 Å². The second kappa shape index (κ2) is 6.29. The highest BCUT2D eigenvalue weighted by molar-refractivity contribution is 7.92. The third-order valence-electron chi connectivity index (χ3n) is 3.87. The molecule has 1 amide bonds. The summed E-state index contributed by atoms with van der Waals surface area (Å²) in [5, 5.41) is 2.64. The molecule has 0 radical (unpaired) electrons. The lowest BCUT2D eigenvalue weighted by molar-refractivity contribution is -0.122. The molecule has 132 valence electrons. The molecule has 7 nitrogen and oxygen atoms in total. The van der Waals surface area contributed by atoms with Crippen molar-refractivity contribution >= 4 is 27.3 Å². The molecule has 3 rings (SSSR count). The van der Waals surface area contributed by atoms with Gasteiger partial charge in [-0.15, -0.1) is 0 Å². The molecule has 0 aliphatic carbocycles. The van der Waals surface area contributed by atoms with Crippen LogP contribution in [-0.4, -0.2) is 27.5 Å². The van der Waals surface area contributed by atoms with E-state index in [1.54, 1.807) is 39.2 Å². The highest BCUT2D eigenvalue weighted by atomic mass is 32.2. The first-order chi connectivity index (χ1) is 11.8. The number of hydrogen-bond acceptors (Lipinski definition) is 5. The monoisotopic (exact) mass is 362 g/mol. The Morgan fingerprint density at radius 2 is 1.96 bits per heavy atom. The van der Waals surface area contributed by atoms with Crippen molar-refractivity contribution in [2.75, 3.05) is 17.1 Å². The smallest absolute Gasteiger partial charge is 0.265 e. The Hall–Kier alpha value is -2.74. The molecule has 2 aromatic carbocycles. The van der Waals surface area contributed by atoms with Gasteiger partial charge in [-0.25, -0.2) is 8.42 Å². The minimum absolute atomic E-state index is 0.0277. The predicted octanol–water partition coefficient (Wildman–Crippen LogP) is 2.52. The zero-order valence-corrected chi connectivity index (χ0v) is 14.8. The molecule has 1 atom stereocenters.